The molecule has 0 fully saturated rings. The van der Waals surface area contributed by atoms with Crippen LogP contribution in [0.1, 0.15) is 5.56 Å². The van der Waals surface area contributed by atoms with E-state index in [1.54, 1.807) is 0 Å². The van der Waals surface area contributed by atoms with Crippen LogP contribution in [0.15, 0.2) is 34.7 Å². The second-order valence-electron chi connectivity index (χ2n) is 5.88. The zero-order valence-electron chi connectivity index (χ0n) is 14.8. The Morgan fingerprint density at radius 1 is 1.14 bits per heavy atom. The normalized spacial score (nSPS) is 11.7. The van der Waals surface area contributed by atoms with E-state index in [2.05, 4.69) is 26.8 Å². The van der Waals surface area contributed by atoms with Gasteiger partial charge in [-0.05, 0) is 30.3 Å². The summed E-state index contributed by atoms with van der Waals surface area (Å²) < 4.78 is 47.8. The Balaban J connectivity index is 1.94. The number of aromatic nitrogens is 2. The fourth-order valence-electron chi connectivity index (χ4n) is 2.37. The molecule has 0 amide bonds. The topological polar surface area (TPSA) is 103 Å². The maximum atomic E-state index is 14.5. The third kappa shape index (κ3) is 4.48. The summed E-state index contributed by atoms with van der Waals surface area (Å²) in [6.07, 6.45) is 4.15. The van der Waals surface area contributed by atoms with Gasteiger partial charge >= 0.3 is 6.01 Å². The number of aliphatic hydroxyl groups is 2. The molecule has 1 atom stereocenters. The number of aliphatic hydroxyl groups excluding tert-OH is 2. The second kappa shape index (κ2) is 8.64. The molecule has 0 saturated heterocycles. The minimum Gasteiger partial charge on any atom is -0.403 e. The van der Waals surface area contributed by atoms with Crippen LogP contribution in [0.25, 0.3) is 11.5 Å². The first-order valence-corrected chi connectivity index (χ1v) is 8.30. The molecule has 150 valence electrons. The van der Waals surface area contributed by atoms with Gasteiger partial charge in [0.25, 0.3) is 5.89 Å². The van der Waals surface area contributed by atoms with Gasteiger partial charge in [-0.15, -0.1) is 11.5 Å². The number of nitrogens with one attached hydrogen (secondary N) is 2. The van der Waals surface area contributed by atoms with E-state index < -0.39 is 35.8 Å². The van der Waals surface area contributed by atoms with E-state index in [0.717, 1.165) is 12.1 Å². The molecule has 3 rings (SSSR count). The van der Waals surface area contributed by atoms with Crippen LogP contribution < -0.4 is 10.6 Å². The van der Waals surface area contributed by atoms with E-state index >= 15 is 0 Å². The van der Waals surface area contributed by atoms with E-state index in [0.29, 0.717) is 0 Å². The highest BCUT2D eigenvalue weighted by atomic mass is 19.2. The molecule has 3 aromatic rings. The van der Waals surface area contributed by atoms with Crippen LogP contribution in [0.2, 0.25) is 0 Å². The summed E-state index contributed by atoms with van der Waals surface area (Å²) in [6.45, 7) is -0.553. The van der Waals surface area contributed by atoms with Crippen LogP contribution in [-0.2, 0) is 0 Å². The molecule has 10 heteroatoms. The van der Waals surface area contributed by atoms with Gasteiger partial charge in [-0.3, -0.25) is 0 Å². The molecule has 0 unspecified atom stereocenters. The molecule has 1 heterocycles. The molecule has 1 aromatic heterocycles. The van der Waals surface area contributed by atoms with Crippen LogP contribution >= 0.6 is 0 Å². The maximum Gasteiger partial charge on any atom is 0.315 e. The highest BCUT2D eigenvalue weighted by molar-refractivity contribution is 5.78. The Labute approximate surface area is 163 Å². The number of anilines is 3. The van der Waals surface area contributed by atoms with Gasteiger partial charge in [-0.2, -0.15) is 0 Å². The molecule has 4 N–H and O–H groups in total. The Bertz CT molecular complexity index is 1070. The molecule has 29 heavy (non-hydrogen) atoms. The van der Waals surface area contributed by atoms with E-state index in [-0.39, 0.29) is 35.3 Å². The SMILES string of the molecule is C#Cc1ccc(Nc2c(-c3nnc(NC[C@H](O)CO)o3)ccc(F)c2F)c(F)c1. The molecule has 0 aliphatic rings. The summed E-state index contributed by atoms with van der Waals surface area (Å²) >= 11 is 0. The Kier molecular flexibility index (Phi) is 6.01. The summed E-state index contributed by atoms with van der Waals surface area (Å²) in [5, 5.41) is 30.6. The lowest BCUT2D eigenvalue weighted by Crippen LogP contribution is -2.23. The molecular formula is C19H15F3N4O3. The minimum atomic E-state index is -1.27. The zero-order valence-corrected chi connectivity index (χ0v) is 14.8. The van der Waals surface area contributed by atoms with E-state index in [4.69, 9.17) is 15.9 Å². The summed E-state index contributed by atoms with van der Waals surface area (Å²) in [5.74, 6) is -1.12. The number of halogens is 3. The number of nitrogens with zero attached hydrogens (tertiary/aromatic N) is 2. The van der Waals surface area contributed by atoms with Gasteiger partial charge in [0.15, 0.2) is 11.6 Å². The van der Waals surface area contributed by atoms with Crippen LogP contribution in [0, 0.1) is 29.8 Å². The van der Waals surface area contributed by atoms with Crippen LogP contribution in [-0.4, -0.2) is 39.7 Å². The third-order valence-corrected chi connectivity index (χ3v) is 3.85. The van der Waals surface area contributed by atoms with Crippen molar-refractivity contribution in [2.75, 3.05) is 23.8 Å². The number of hydrogen-bond donors (Lipinski definition) is 4. The second-order valence-corrected chi connectivity index (χ2v) is 5.88. The van der Waals surface area contributed by atoms with Crippen molar-refractivity contribution in [3.05, 3.63) is 53.3 Å². The largest absolute Gasteiger partial charge is 0.403 e. The fraction of sp³-hybridized carbons (Fsp3) is 0.158. The quantitative estimate of drug-likeness (QED) is 0.449. The zero-order chi connectivity index (χ0) is 21.0. The first-order valence-electron chi connectivity index (χ1n) is 8.30. The molecule has 0 aliphatic heterocycles. The predicted molar refractivity (Wildman–Crippen MR) is 98.9 cm³/mol. The molecule has 0 saturated carbocycles. The molecule has 7 nitrogen and oxygen atoms in total. The van der Waals surface area contributed by atoms with Crippen LogP contribution in [0.3, 0.4) is 0 Å². The number of benzene rings is 2. The Morgan fingerprint density at radius 3 is 2.62 bits per heavy atom. The van der Waals surface area contributed by atoms with Crippen molar-refractivity contribution in [1.29, 1.82) is 0 Å². The predicted octanol–water partition coefficient (Wildman–Crippen LogP) is 2.64. The van der Waals surface area contributed by atoms with Gasteiger partial charge in [0, 0.05) is 12.1 Å². The lowest BCUT2D eigenvalue weighted by atomic mass is 10.1. The Morgan fingerprint density at radius 2 is 1.93 bits per heavy atom. The van der Waals surface area contributed by atoms with Gasteiger partial charge in [0.2, 0.25) is 0 Å². The van der Waals surface area contributed by atoms with Crippen molar-refractivity contribution in [2.45, 2.75) is 6.10 Å². The van der Waals surface area contributed by atoms with Gasteiger partial charge in [-0.25, -0.2) is 13.2 Å². The third-order valence-electron chi connectivity index (χ3n) is 3.85. The summed E-state index contributed by atoms with van der Waals surface area (Å²) in [6, 6.07) is 5.72. The van der Waals surface area contributed by atoms with E-state index in [1.807, 2.05) is 0 Å². The van der Waals surface area contributed by atoms with Gasteiger partial charge in [0.05, 0.1) is 29.6 Å². The maximum absolute atomic E-state index is 14.5. The van der Waals surface area contributed by atoms with Crippen LogP contribution in [0.4, 0.5) is 30.6 Å². The highest BCUT2D eigenvalue weighted by Crippen LogP contribution is 2.34. The smallest absolute Gasteiger partial charge is 0.315 e. The number of rotatable bonds is 7. The van der Waals surface area contributed by atoms with Crippen LogP contribution in [0.5, 0.6) is 0 Å². The van der Waals surface area contributed by atoms with Crippen molar-refractivity contribution < 1.29 is 27.8 Å². The van der Waals surface area contributed by atoms with E-state index in [9.17, 15) is 18.3 Å². The lowest BCUT2D eigenvalue weighted by molar-refractivity contribution is 0.105. The summed E-state index contributed by atoms with van der Waals surface area (Å²) in [4.78, 5) is 0. The molecule has 0 radical (unpaired) electrons. The lowest BCUT2D eigenvalue weighted by Gasteiger charge is -2.12. The average Bonchev–Trinajstić information content (AvgIpc) is 3.19. The van der Waals surface area contributed by atoms with E-state index in [1.165, 1.54) is 18.2 Å². The van der Waals surface area contributed by atoms with Crippen molar-refractivity contribution in [2.24, 2.45) is 0 Å². The first-order chi connectivity index (χ1) is 13.9. The Hall–Kier alpha value is -3.55. The molecule has 2 aromatic carbocycles. The molecule has 0 aliphatic carbocycles. The van der Waals surface area contributed by atoms with Gasteiger partial charge < -0.3 is 25.3 Å². The number of hydrogen-bond acceptors (Lipinski definition) is 7. The summed E-state index contributed by atoms with van der Waals surface area (Å²) in [7, 11) is 0. The van der Waals surface area contributed by atoms with Crippen molar-refractivity contribution in [1.82, 2.24) is 10.2 Å². The van der Waals surface area contributed by atoms with Gasteiger partial charge in [0.1, 0.15) is 5.82 Å². The standard InChI is InChI=1S/C19H15F3N4O3/c1-2-10-3-6-15(14(21)7-10)24-17-12(4-5-13(20)16(17)22)18-25-26-19(29-18)23-8-11(28)9-27/h1,3-7,11,24,27-28H,8-9H2,(H,23,26)/t11-/m0/s1. The first kappa shape index (κ1) is 20.2. The monoisotopic (exact) mass is 404 g/mol. The van der Waals surface area contributed by atoms with Crippen molar-refractivity contribution in [3.63, 3.8) is 0 Å². The fourth-order valence-corrected chi connectivity index (χ4v) is 2.37. The highest BCUT2D eigenvalue weighted by Gasteiger charge is 2.21. The minimum absolute atomic E-state index is 0.0208. The summed E-state index contributed by atoms with van der Waals surface area (Å²) in [5.41, 5.74) is -0.292. The van der Waals surface area contributed by atoms with Crippen molar-refractivity contribution in [3.8, 4) is 23.8 Å². The van der Waals surface area contributed by atoms with Crippen molar-refractivity contribution >= 4 is 17.4 Å². The number of terminal acetylenes is 1. The molecular weight excluding hydrogens is 389 g/mol. The van der Waals surface area contributed by atoms with Gasteiger partial charge in [-0.1, -0.05) is 11.0 Å². The molecule has 0 bridgehead atoms. The average molecular weight is 404 g/mol. The molecule has 0 spiro atoms.